The predicted octanol–water partition coefficient (Wildman–Crippen LogP) is 6.46. The average Bonchev–Trinajstić information content (AvgIpc) is 3.64. The number of benzene rings is 2. The van der Waals surface area contributed by atoms with E-state index in [4.69, 9.17) is 25.5 Å². The van der Waals surface area contributed by atoms with Crippen molar-refractivity contribution < 1.29 is 23.8 Å². The van der Waals surface area contributed by atoms with Gasteiger partial charge in [-0.25, -0.2) is 4.68 Å². The van der Waals surface area contributed by atoms with Crippen molar-refractivity contribution in [3.8, 4) is 17.2 Å². The monoisotopic (exact) mass is 571 g/mol. The Morgan fingerprint density at radius 3 is 2.46 bits per heavy atom. The maximum absolute atomic E-state index is 13.1. The van der Waals surface area contributed by atoms with Crippen LogP contribution in [0, 0.1) is 5.92 Å². The molecule has 8 nitrogen and oxygen atoms in total. The van der Waals surface area contributed by atoms with Crippen LogP contribution in [0.4, 0.5) is 5.69 Å². The van der Waals surface area contributed by atoms with E-state index in [2.05, 4.69) is 44.3 Å². The number of nitrogens with zero attached hydrogens (tertiary/aromatic N) is 2. The molecule has 0 unspecified atom stereocenters. The number of ether oxygens (including phenoxy) is 2. The van der Waals surface area contributed by atoms with Crippen LogP contribution in [0.5, 0.6) is 11.5 Å². The number of methoxy groups -OCH3 is 1. The van der Waals surface area contributed by atoms with Crippen molar-refractivity contribution in [2.75, 3.05) is 19.0 Å². The number of carbonyl (C=O) groups is 1. The number of aromatic nitrogens is 2. The maximum atomic E-state index is 13.1. The van der Waals surface area contributed by atoms with Gasteiger partial charge in [0, 0.05) is 23.0 Å². The van der Waals surface area contributed by atoms with E-state index in [-0.39, 0.29) is 29.0 Å². The molecular formula is C29H38ClN3O5Si. The second-order valence-corrected chi connectivity index (χ2v) is 16.6. The van der Waals surface area contributed by atoms with Crippen LogP contribution in [0.25, 0.3) is 5.69 Å². The Morgan fingerprint density at radius 1 is 1.18 bits per heavy atom. The van der Waals surface area contributed by atoms with E-state index in [9.17, 15) is 9.90 Å². The van der Waals surface area contributed by atoms with Crippen LogP contribution in [0.2, 0.25) is 23.2 Å². The van der Waals surface area contributed by atoms with Crippen molar-refractivity contribution in [2.45, 2.75) is 64.5 Å². The van der Waals surface area contributed by atoms with Gasteiger partial charge < -0.3 is 24.3 Å². The lowest BCUT2D eigenvalue weighted by molar-refractivity contribution is 0.0959. The third-order valence-corrected chi connectivity index (χ3v) is 12.3. The number of aliphatic hydroxyl groups is 1. The van der Waals surface area contributed by atoms with Crippen LogP contribution in [0.1, 0.15) is 49.7 Å². The Kier molecular flexibility index (Phi) is 8.75. The first kappa shape index (κ1) is 29.1. The van der Waals surface area contributed by atoms with Gasteiger partial charge in [-0.2, -0.15) is 5.10 Å². The third kappa shape index (κ3) is 7.02. The second-order valence-electron chi connectivity index (χ2n) is 11.5. The van der Waals surface area contributed by atoms with Gasteiger partial charge >= 0.3 is 0 Å². The molecule has 0 saturated heterocycles. The molecule has 1 amide bonds. The largest absolute Gasteiger partial charge is 0.493 e. The fraction of sp³-hybridized carbons (Fsp3) is 0.448. The smallest absolute Gasteiger partial charge is 0.259 e. The molecule has 0 spiro atoms. The first-order valence-corrected chi connectivity index (χ1v) is 16.5. The summed E-state index contributed by atoms with van der Waals surface area (Å²) >= 11 is 5.98. The van der Waals surface area contributed by atoms with E-state index in [1.54, 1.807) is 55.8 Å². The number of hydrogen-bond donors (Lipinski definition) is 2. The van der Waals surface area contributed by atoms with E-state index in [0.717, 1.165) is 18.5 Å². The van der Waals surface area contributed by atoms with Crippen molar-refractivity contribution in [1.82, 2.24) is 9.78 Å². The molecule has 2 aromatic carbocycles. The number of anilines is 1. The lowest BCUT2D eigenvalue weighted by atomic mass is 10.2. The van der Waals surface area contributed by atoms with Gasteiger partial charge in [0.15, 0.2) is 19.8 Å². The maximum Gasteiger partial charge on any atom is 0.259 e. The molecule has 0 aliphatic heterocycles. The van der Waals surface area contributed by atoms with Gasteiger partial charge in [0.25, 0.3) is 5.91 Å². The third-order valence-electron chi connectivity index (χ3n) is 7.50. The van der Waals surface area contributed by atoms with Crippen LogP contribution < -0.4 is 14.8 Å². The van der Waals surface area contributed by atoms with Crippen LogP contribution in [0.15, 0.2) is 48.7 Å². The van der Waals surface area contributed by atoms with E-state index in [1.807, 2.05) is 0 Å². The lowest BCUT2D eigenvalue weighted by Gasteiger charge is -2.39. The Labute approximate surface area is 236 Å². The van der Waals surface area contributed by atoms with Gasteiger partial charge in [0.2, 0.25) is 0 Å². The zero-order valence-electron chi connectivity index (χ0n) is 23.5. The summed E-state index contributed by atoms with van der Waals surface area (Å²) in [6.07, 6.45) is 3.95. The van der Waals surface area contributed by atoms with Crippen molar-refractivity contribution in [2.24, 2.45) is 5.92 Å². The molecule has 10 heteroatoms. The minimum Gasteiger partial charge on any atom is -0.493 e. The first-order chi connectivity index (χ1) is 18.4. The summed E-state index contributed by atoms with van der Waals surface area (Å²) in [6, 6.07) is 12.3. The van der Waals surface area contributed by atoms with Gasteiger partial charge in [0.1, 0.15) is 12.3 Å². The Hall–Kier alpha value is -2.85. The summed E-state index contributed by atoms with van der Waals surface area (Å²) in [7, 11) is -0.362. The van der Waals surface area contributed by atoms with E-state index >= 15 is 0 Å². The highest BCUT2D eigenvalue weighted by Crippen LogP contribution is 2.42. The number of rotatable bonds is 11. The molecule has 2 N–H and O–H groups in total. The minimum atomic E-state index is -1.93. The molecule has 1 aliphatic carbocycles. The highest BCUT2D eigenvalue weighted by Gasteiger charge is 2.43. The summed E-state index contributed by atoms with van der Waals surface area (Å²) < 4.78 is 20.0. The van der Waals surface area contributed by atoms with Crippen LogP contribution >= 0.6 is 11.6 Å². The number of halogens is 1. The highest BCUT2D eigenvalue weighted by atomic mass is 35.5. The van der Waals surface area contributed by atoms with Crippen molar-refractivity contribution in [3.05, 3.63) is 64.9 Å². The molecule has 0 bridgehead atoms. The van der Waals surface area contributed by atoms with Crippen LogP contribution in [0.3, 0.4) is 0 Å². The minimum absolute atomic E-state index is 0.0454. The zero-order chi connectivity index (χ0) is 28.4. The first-order valence-electron chi connectivity index (χ1n) is 13.2. The van der Waals surface area contributed by atoms with Crippen molar-refractivity contribution >= 4 is 31.5 Å². The number of hydrogen-bond acceptors (Lipinski definition) is 6. The molecule has 1 atom stereocenters. The molecule has 1 aliphatic rings. The van der Waals surface area contributed by atoms with Crippen molar-refractivity contribution in [3.63, 3.8) is 0 Å². The number of aliphatic hydroxyl groups excluding tert-OH is 1. The molecule has 39 heavy (non-hydrogen) atoms. The van der Waals surface area contributed by atoms with Gasteiger partial charge in [-0.3, -0.25) is 4.79 Å². The zero-order valence-corrected chi connectivity index (χ0v) is 25.2. The molecule has 1 fully saturated rings. The standard InChI is InChI=1S/C29H38ClN3O5Si/c1-29(2,3)39(5,6)38-27(19-7-8-19)18-37-25-14-11-21(15-26(25)36-4)31-28(35)23-16-33(32-24(23)17-34)22-12-9-20(30)10-13-22/h9-16,19,27,34H,7-8,17-18H2,1-6H3,(H,31,35)/t27-/m0/s1. The topological polar surface area (TPSA) is 94.8 Å². The molecule has 1 saturated carbocycles. The number of nitrogens with one attached hydrogen (secondary N) is 1. The molecule has 4 rings (SSSR count). The molecule has 3 aromatic rings. The van der Waals surface area contributed by atoms with Crippen molar-refractivity contribution in [1.29, 1.82) is 0 Å². The summed E-state index contributed by atoms with van der Waals surface area (Å²) in [6.45, 7) is 11.3. The summed E-state index contributed by atoms with van der Waals surface area (Å²) in [4.78, 5) is 13.1. The summed E-state index contributed by atoms with van der Waals surface area (Å²) in [5.74, 6) is 1.23. The fourth-order valence-corrected chi connectivity index (χ4v) is 5.46. The van der Waals surface area contributed by atoms with Gasteiger partial charge in [-0.1, -0.05) is 32.4 Å². The molecule has 1 aromatic heterocycles. The molecular weight excluding hydrogens is 534 g/mol. The quantitative estimate of drug-likeness (QED) is 0.257. The Morgan fingerprint density at radius 2 is 1.87 bits per heavy atom. The second kappa shape index (κ2) is 11.7. The molecule has 210 valence electrons. The average molecular weight is 572 g/mol. The van der Waals surface area contributed by atoms with E-state index < -0.39 is 14.2 Å². The normalized spacial score (nSPS) is 14.7. The number of amides is 1. The SMILES string of the molecule is COc1cc(NC(=O)c2cn(-c3ccc(Cl)cc3)nc2CO)ccc1OC[C@H](O[Si](C)(C)C(C)(C)C)C1CC1. The van der Waals surface area contributed by atoms with Gasteiger partial charge in [-0.15, -0.1) is 0 Å². The highest BCUT2D eigenvalue weighted by molar-refractivity contribution is 6.74. The molecule has 0 radical (unpaired) electrons. The van der Waals surface area contributed by atoms with Gasteiger partial charge in [-0.05, 0) is 73.3 Å². The van der Waals surface area contributed by atoms with Crippen LogP contribution in [-0.4, -0.2) is 48.9 Å². The van der Waals surface area contributed by atoms with Crippen LogP contribution in [-0.2, 0) is 11.0 Å². The van der Waals surface area contributed by atoms with E-state index in [0.29, 0.717) is 34.7 Å². The summed E-state index contributed by atoms with van der Waals surface area (Å²) in [5.41, 5.74) is 1.78. The predicted molar refractivity (Wildman–Crippen MR) is 156 cm³/mol. The lowest BCUT2D eigenvalue weighted by Crippen LogP contribution is -2.46. The summed E-state index contributed by atoms with van der Waals surface area (Å²) in [5, 5.41) is 17.7. The fourth-order valence-electron chi connectivity index (χ4n) is 3.97. The number of carbonyl (C=O) groups excluding carboxylic acids is 1. The van der Waals surface area contributed by atoms with E-state index in [1.165, 1.54) is 4.68 Å². The Bertz CT molecular complexity index is 1300. The van der Waals surface area contributed by atoms with Gasteiger partial charge in [0.05, 0.1) is 31.1 Å². The Balaban J connectivity index is 1.45. The molecule has 1 heterocycles.